The van der Waals surface area contributed by atoms with Crippen molar-refractivity contribution in [2.24, 2.45) is 7.05 Å². The Kier molecular flexibility index (Phi) is 5.72. The molecule has 2 aromatic heterocycles. The molecule has 0 fully saturated rings. The smallest absolute Gasteiger partial charge is 0.292 e. The molecule has 30 heavy (non-hydrogen) atoms. The number of rotatable bonds is 6. The Labute approximate surface area is 169 Å². The number of carbonyl (C=O) groups is 3. The number of hydrogen-bond donors (Lipinski definition) is 3. The first-order chi connectivity index (χ1) is 14.2. The Hall–Kier alpha value is -3.89. The molecule has 9 nitrogen and oxygen atoms in total. The molecule has 3 N–H and O–H groups in total. The largest absolute Gasteiger partial charge is 0.343 e. The van der Waals surface area contributed by atoms with Gasteiger partial charge in [0.15, 0.2) is 11.6 Å². The molecule has 0 aliphatic rings. The molecule has 0 unspecified atom stereocenters. The van der Waals surface area contributed by atoms with Crippen LogP contribution in [0.3, 0.4) is 0 Å². The average molecular weight is 416 g/mol. The van der Waals surface area contributed by atoms with Crippen LogP contribution in [-0.2, 0) is 18.4 Å². The van der Waals surface area contributed by atoms with Gasteiger partial charge in [-0.3, -0.25) is 14.4 Å². The fourth-order valence-corrected chi connectivity index (χ4v) is 3.07. The minimum atomic E-state index is -1.10. The number of anilines is 1. The van der Waals surface area contributed by atoms with Crippen molar-refractivity contribution < 1.29 is 23.2 Å². The molecular formula is C19H18F2N6O3. The fraction of sp³-hybridized carbons (Fsp3) is 0.211. The summed E-state index contributed by atoms with van der Waals surface area (Å²) in [6.45, 7) is 3.14. The van der Waals surface area contributed by atoms with Crippen molar-refractivity contribution in [1.82, 2.24) is 25.3 Å². The van der Waals surface area contributed by atoms with Gasteiger partial charge in [0.25, 0.3) is 17.6 Å². The van der Waals surface area contributed by atoms with Gasteiger partial charge in [-0.2, -0.15) is 15.4 Å². The monoisotopic (exact) mass is 416 g/mol. The average Bonchev–Trinajstić information content (AvgIpc) is 3.29. The van der Waals surface area contributed by atoms with Crippen molar-refractivity contribution in [3.8, 4) is 0 Å². The number of halogens is 2. The van der Waals surface area contributed by atoms with Crippen molar-refractivity contribution >= 4 is 23.3 Å². The number of hydrogen-bond acceptors (Lipinski definition) is 5. The predicted octanol–water partition coefficient (Wildman–Crippen LogP) is 1.79. The minimum Gasteiger partial charge on any atom is -0.343 e. The highest BCUT2D eigenvalue weighted by atomic mass is 19.2. The van der Waals surface area contributed by atoms with Crippen LogP contribution in [0.4, 0.5) is 14.5 Å². The third kappa shape index (κ3) is 3.95. The Bertz CT molecular complexity index is 1140. The normalized spacial score (nSPS) is 10.7. The van der Waals surface area contributed by atoms with Crippen LogP contribution in [0, 0.1) is 25.5 Å². The Morgan fingerprint density at radius 2 is 1.90 bits per heavy atom. The molecule has 3 rings (SSSR count). The van der Waals surface area contributed by atoms with Gasteiger partial charge in [0.05, 0.1) is 18.3 Å². The zero-order valence-corrected chi connectivity index (χ0v) is 16.3. The lowest BCUT2D eigenvalue weighted by molar-refractivity contribution is -0.117. The van der Waals surface area contributed by atoms with Crippen LogP contribution in [0.5, 0.6) is 0 Å². The van der Waals surface area contributed by atoms with Crippen LogP contribution in [0.15, 0.2) is 24.4 Å². The maximum absolute atomic E-state index is 13.4. The van der Waals surface area contributed by atoms with E-state index in [0.717, 1.165) is 12.1 Å². The van der Waals surface area contributed by atoms with E-state index < -0.39 is 29.2 Å². The van der Waals surface area contributed by atoms with Gasteiger partial charge in [0.1, 0.15) is 11.4 Å². The first kappa shape index (κ1) is 20.8. The highest BCUT2D eigenvalue weighted by Gasteiger charge is 2.28. The summed E-state index contributed by atoms with van der Waals surface area (Å²) >= 11 is 0. The second-order valence-electron chi connectivity index (χ2n) is 6.55. The van der Waals surface area contributed by atoms with E-state index in [1.807, 2.05) is 0 Å². The highest BCUT2D eigenvalue weighted by molar-refractivity contribution is 6.43. The second kappa shape index (κ2) is 8.23. The maximum Gasteiger partial charge on any atom is 0.292 e. The lowest BCUT2D eigenvalue weighted by Gasteiger charge is -2.08. The van der Waals surface area contributed by atoms with Crippen LogP contribution >= 0.6 is 0 Å². The van der Waals surface area contributed by atoms with Crippen LogP contribution in [0.2, 0.25) is 0 Å². The van der Waals surface area contributed by atoms with Crippen LogP contribution in [-0.4, -0.2) is 37.6 Å². The van der Waals surface area contributed by atoms with Crippen molar-refractivity contribution in [3.63, 3.8) is 0 Å². The summed E-state index contributed by atoms with van der Waals surface area (Å²) in [6.07, 6.45) is 1.41. The number of nitrogens with zero attached hydrogens (tertiary/aromatic N) is 3. The van der Waals surface area contributed by atoms with E-state index in [9.17, 15) is 23.2 Å². The Morgan fingerprint density at radius 3 is 2.53 bits per heavy atom. The van der Waals surface area contributed by atoms with Gasteiger partial charge in [0, 0.05) is 24.5 Å². The maximum atomic E-state index is 13.4. The molecular weight excluding hydrogens is 398 g/mol. The molecule has 0 saturated carbocycles. The topological polar surface area (TPSA) is 122 Å². The number of benzene rings is 1. The van der Waals surface area contributed by atoms with Gasteiger partial charge in [-0.05, 0) is 31.5 Å². The standard InChI is InChI=1S/C19H18F2N6O3/c1-9-15(17(28)19(30)22-7-12-8-23-26-25-12)10(2)27(3)16(9)18(29)24-11-4-5-13(20)14(21)6-11/h4-6,8H,7H2,1-3H3,(H,22,30)(H,24,29)(H,23,25,26). The summed E-state index contributed by atoms with van der Waals surface area (Å²) in [5, 5.41) is 14.7. The predicted molar refractivity (Wildman–Crippen MR) is 102 cm³/mol. The number of carbonyl (C=O) groups excluding carboxylic acids is 3. The van der Waals surface area contributed by atoms with E-state index in [4.69, 9.17) is 0 Å². The van der Waals surface area contributed by atoms with Crippen LogP contribution < -0.4 is 10.6 Å². The number of aromatic nitrogens is 4. The number of aromatic amines is 1. The van der Waals surface area contributed by atoms with E-state index in [1.165, 1.54) is 23.8 Å². The molecule has 1 aromatic carbocycles. The SMILES string of the molecule is Cc1c(C(=O)C(=O)NCc2cn[nH]n2)c(C)n(C)c1C(=O)Nc1ccc(F)c(F)c1. The number of H-pyrrole nitrogens is 1. The van der Waals surface area contributed by atoms with Crippen molar-refractivity contribution in [3.05, 3.63) is 64.2 Å². The number of nitrogens with one attached hydrogen (secondary N) is 3. The van der Waals surface area contributed by atoms with Gasteiger partial charge in [-0.15, -0.1) is 0 Å². The summed E-state index contributed by atoms with van der Waals surface area (Å²) in [4.78, 5) is 37.7. The quantitative estimate of drug-likeness (QED) is 0.418. The first-order valence-electron chi connectivity index (χ1n) is 8.80. The van der Waals surface area contributed by atoms with Gasteiger partial charge < -0.3 is 15.2 Å². The van der Waals surface area contributed by atoms with E-state index in [2.05, 4.69) is 26.0 Å². The molecule has 0 atom stereocenters. The first-order valence-corrected chi connectivity index (χ1v) is 8.80. The summed E-state index contributed by atoms with van der Waals surface area (Å²) in [5.74, 6) is -4.44. The van der Waals surface area contributed by atoms with Gasteiger partial charge >= 0.3 is 0 Å². The Morgan fingerprint density at radius 1 is 1.17 bits per heavy atom. The van der Waals surface area contributed by atoms with Crippen molar-refractivity contribution in [2.45, 2.75) is 20.4 Å². The molecule has 0 bridgehead atoms. The third-order valence-corrected chi connectivity index (χ3v) is 4.65. The van der Waals surface area contributed by atoms with Crippen LogP contribution in [0.25, 0.3) is 0 Å². The molecule has 0 spiro atoms. The molecule has 0 aliphatic carbocycles. The van der Waals surface area contributed by atoms with Gasteiger partial charge in [-0.1, -0.05) is 0 Å². The van der Waals surface area contributed by atoms with Gasteiger partial charge in [-0.25, -0.2) is 8.78 Å². The molecule has 0 radical (unpaired) electrons. The molecule has 3 aromatic rings. The van der Waals surface area contributed by atoms with E-state index in [-0.39, 0.29) is 29.1 Å². The summed E-state index contributed by atoms with van der Waals surface area (Å²) in [5.41, 5.74) is 1.40. The van der Waals surface area contributed by atoms with E-state index in [1.54, 1.807) is 14.0 Å². The Balaban J connectivity index is 1.83. The molecule has 156 valence electrons. The molecule has 0 saturated heterocycles. The summed E-state index contributed by atoms with van der Waals surface area (Å²) in [6, 6.07) is 2.95. The zero-order chi connectivity index (χ0) is 22.0. The molecule has 2 heterocycles. The molecule has 11 heteroatoms. The highest BCUT2D eigenvalue weighted by Crippen LogP contribution is 2.23. The van der Waals surface area contributed by atoms with Crippen LogP contribution in [0.1, 0.15) is 37.8 Å². The summed E-state index contributed by atoms with van der Waals surface area (Å²) in [7, 11) is 1.56. The zero-order valence-electron chi connectivity index (χ0n) is 16.3. The number of ketones is 1. The molecule has 2 amide bonds. The summed E-state index contributed by atoms with van der Waals surface area (Å²) < 4.78 is 27.9. The lowest BCUT2D eigenvalue weighted by atomic mass is 10.0. The lowest BCUT2D eigenvalue weighted by Crippen LogP contribution is -2.31. The third-order valence-electron chi connectivity index (χ3n) is 4.65. The van der Waals surface area contributed by atoms with E-state index >= 15 is 0 Å². The number of Topliss-reactive ketones (excluding diaryl/α,β-unsaturated/α-hetero) is 1. The van der Waals surface area contributed by atoms with E-state index in [0.29, 0.717) is 11.4 Å². The molecule has 0 aliphatic heterocycles. The minimum absolute atomic E-state index is 0.00940. The second-order valence-corrected chi connectivity index (χ2v) is 6.55. The van der Waals surface area contributed by atoms with Crippen molar-refractivity contribution in [2.75, 3.05) is 5.32 Å². The van der Waals surface area contributed by atoms with Crippen molar-refractivity contribution in [1.29, 1.82) is 0 Å². The van der Waals surface area contributed by atoms with Gasteiger partial charge in [0.2, 0.25) is 0 Å². The fourth-order valence-electron chi connectivity index (χ4n) is 3.07. The number of amides is 2.